The molecule has 3 rings (SSSR count). The molecule has 110 valence electrons. The standard InChI is InChI=1S/C17H27N3/c1-20-13-6-5-11-16(20)15-10-7-12-18-17(15)19-14-8-3-2-4-9-14/h7,10,12,14,16H,2-6,8-9,11,13H2,1H3,(H,18,19). The molecule has 1 aliphatic carbocycles. The van der Waals surface area contributed by atoms with Crippen molar-refractivity contribution in [1.82, 2.24) is 9.88 Å². The Kier molecular flexibility index (Phi) is 4.56. The summed E-state index contributed by atoms with van der Waals surface area (Å²) in [6, 6.07) is 5.53. The highest BCUT2D eigenvalue weighted by molar-refractivity contribution is 5.46. The predicted molar refractivity (Wildman–Crippen MR) is 84.0 cm³/mol. The molecule has 2 fully saturated rings. The molecule has 0 bridgehead atoms. The summed E-state index contributed by atoms with van der Waals surface area (Å²) in [5.41, 5.74) is 1.40. The van der Waals surface area contributed by atoms with Gasteiger partial charge < -0.3 is 5.32 Å². The molecule has 1 aromatic heterocycles. The van der Waals surface area contributed by atoms with Crippen LogP contribution in [0.1, 0.15) is 63.0 Å². The van der Waals surface area contributed by atoms with Gasteiger partial charge in [0, 0.05) is 23.8 Å². The smallest absolute Gasteiger partial charge is 0.130 e. The summed E-state index contributed by atoms with van der Waals surface area (Å²) in [6.45, 7) is 1.21. The van der Waals surface area contributed by atoms with Crippen LogP contribution in [0.2, 0.25) is 0 Å². The number of pyridine rings is 1. The first-order chi connectivity index (χ1) is 9.84. The third kappa shape index (κ3) is 3.14. The van der Waals surface area contributed by atoms with Crippen LogP contribution >= 0.6 is 0 Å². The number of rotatable bonds is 3. The lowest BCUT2D eigenvalue weighted by atomic mass is 9.93. The van der Waals surface area contributed by atoms with E-state index in [0.717, 1.165) is 5.82 Å². The largest absolute Gasteiger partial charge is 0.367 e. The second-order valence-electron chi connectivity index (χ2n) is 6.41. The lowest BCUT2D eigenvalue weighted by molar-refractivity contribution is 0.187. The fourth-order valence-electron chi connectivity index (χ4n) is 3.72. The molecule has 1 atom stereocenters. The molecule has 1 aliphatic heterocycles. The minimum absolute atomic E-state index is 0.545. The predicted octanol–water partition coefficient (Wildman–Crippen LogP) is 3.98. The third-order valence-corrected chi connectivity index (χ3v) is 4.91. The highest BCUT2D eigenvalue weighted by Crippen LogP contribution is 2.33. The van der Waals surface area contributed by atoms with E-state index in [1.54, 1.807) is 0 Å². The van der Waals surface area contributed by atoms with Gasteiger partial charge in [-0.05, 0) is 45.3 Å². The second kappa shape index (κ2) is 6.57. The number of likely N-dealkylation sites (tertiary alicyclic amines) is 1. The monoisotopic (exact) mass is 273 g/mol. The molecule has 1 unspecified atom stereocenters. The zero-order valence-corrected chi connectivity index (χ0v) is 12.6. The van der Waals surface area contributed by atoms with Crippen molar-refractivity contribution in [2.24, 2.45) is 0 Å². The summed E-state index contributed by atoms with van der Waals surface area (Å²) < 4.78 is 0. The summed E-state index contributed by atoms with van der Waals surface area (Å²) in [6.07, 6.45) is 12.6. The molecule has 1 N–H and O–H groups in total. The molecule has 2 heterocycles. The maximum atomic E-state index is 4.64. The number of nitrogens with one attached hydrogen (secondary N) is 1. The SMILES string of the molecule is CN1CCCCC1c1cccnc1NC1CCCCC1. The van der Waals surface area contributed by atoms with E-state index < -0.39 is 0 Å². The van der Waals surface area contributed by atoms with Gasteiger partial charge in [-0.2, -0.15) is 0 Å². The van der Waals surface area contributed by atoms with Gasteiger partial charge >= 0.3 is 0 Å². The summed E-state index contributed by atoms with van der Waals surface area (Å²) >= 11 is 0. The van der Waals surface area contributed by atoms with E-state index in [1.807, 2.05) is 6.20 Å². The Morgan fingerprint density at radius 1 is 1.10 bits per heavy atom. The van der Waals surface area contributed by atoms with Gasteiger partial charge in [-0.1, -0.05) is 31.7 Å². The van der Waals surface area contributed by atoms with Gasteiger partial charge in [-0.15, -0.1) is 0 Å². The fraction of sp³-hybridized carbons (Fsp3) is 0.706. The van der Waals surface area contributed by atoms with Gasteiger partial charge in [0.2, 0.25) is 0 Å². The highest BCUT2D eigenvalue weighted by Gasteiger charge is 2.24. The average Bonchev–Trinajstić information content (AvgIpc) is 2.50. The van der Waals surface area contributed by atoms with Gasteiger partial charge in [0.15, 0.2) is 0 Å². The van der Waals surface area contributed by atoms with Crippen LogP contribution in [-0.2, 0) is 0 Å². The number of nitrogens with zero attached hydrogens (tertiary/aromatic N) is 2. The Balaban J connectivity index is 1.76. The minimum Gasteiger partial charge on any atom is -0.367 e. The zero-order valence-electron chi connectivity index (χ0n) is 12.6. The van der Waals surface area contributed by atoms with Crippen molar-refractivity contribution in [3.05, 3.63) is 23.9 Å². The van der Waals surface area contributed by atoms with Crippen molar-refractivity contribution >= 4 is 5.82 Å². The number of aromatic nitrogens is 1. The molecular formula is C17H27N3. The van der Waals surface area contributed by atoms with Crippen molar-refractivity contribution in [2.45, 2.75) is 63.5 Å². The molecule has 0 spiro atoms. The quantitative estimate of drug-likeness (QED) is 0.902. The topological polar surface area (TPSA) is 28.2 Å². The van der Waals surface area contributed by atoms with E-state index >= 15 is 0 Å². The Morgan fingerprint density at radius 3 is 2.70 bits per heavy atom. The lowest BCUT2D eigenvalue weighted by Crippen LogP contribution is -2.31. The van der Waals surface area contributed by atoms with Gasteiger partial charge in [0.25, 0.3) is 0 Å². The lowest BCUT2D eigenvalue weighted by Gasteiger charge is -2.34. The Labute approximate surface area is 122 Å². The van der Waals surface area contributed by atoms with Crippen molar-refractivity contribution in [3.8, 4) is 0 Å². The Hall–Kier alpha value is -1.09. The molecule has 2 aliphatic rings. The van der Waals surface area contributed by atoms with Gasteiger partial charge in [-0.3, -0.25) is 4.90 Å². The van der Waals surface area contributed by atoms with Crippen LogP contribution in [-0.4, -0.2) is 29.5 Å². The van der Waals surface area contributed by atoms with E-state index in [4.69, 9.17) is 0 Å². The van der Waals surface area contributed by atoms with Crippen LogP contribution in [0.4, 0.5) is 5.82 Å². The van der Waals surface area contributed by atoms with Crippen molar-refractivity contribution < 1.29 is 0 Å². The van der Waals surface area contributed by atoms with E-state index in [9.17, 15) is 0 Å². The number of hydrogen-bond acceptors (Lipinski definition) is 3. The van der Waals surface area contributed by atoms with Crippen molar-refractivity contribution in [3.63, 3.8) is 0 Å². The van der Waals surface area contributed by atoms with Crippen molar-refractivity contribution in [1.29, 1.82) is 0 Å². The Bertz CT molecular complexity index is 426. The molecule has 0 amide bonds. The van der Waals surface area contributed by atoms with Crippen LogP contribution in [0.5, 0.6) is 0 Å². The van der Waals surface area contributed by atoms with Crippen LogP contribution in [0.15, 0.2) is 18.3 Å². The summed E-state index contributed by atoms with van der Waals surface area (Å²) in [7, 11) is 2.25. The number of anilines is 1. The first-order valence-electron chi connectivity index (χ1n) is 8.26. The van der Waals surface area contributed by atoms with Crippen LogP contribution in [0.3, 0.4) is 0 Å². The third-order valence-electron chi connectivity index (χ3n) is 4.91. The highest BCUT2D eigenvalue weighted by atomic mass is 15.1. The maximum Gasteiger partial charge on any atom is 0.130 e. The summed E-state index contributed by atoms with van der Waals surface area (Å²) in [4.78, 5) is 7.14. The molecule has 1 aromatic rings. The van der Waals surface area contributed by atoms with Crippen LogP contribution < -0.4 is 5.32 Å². The van der Waals surface area contributed by atoms with Crippen molar-refractivity contribution in [2.75, 3.05) is 18.9 Å². The van der Waals surface area contributed by atoms with Gasteiger partial charge in [-0.25, -0.2) is 4.98 Å². The van der Waals surface area contributed by atoms with E-state index in [2.05, 4.69) is 34.4 Å². The molecule has 1 saturated carbocycles. The normalized spacial score (nSPS) is 25.6. The van der Waals surface area contributed by atoms with Crippen LogP contribution in [0.25, 0.3) is 0 Å². The maximum absolute atomic E-state index is 4.64. The Morgan fingerprint density at radius 2 is 1.90 bits per heavy atom. The van der Waals surface area contributed by atoms with E-state index in [1.165, 1.54) is 63.5 Å². The van der Waals surface area contributed by atoms with E-state index in [-0.39, 0.29) is 0 Å². The molecule has 20 heavy (non-hydrogen) atoms. The first kappa shape index (κ1) is 13.9. The zero-order chi connectivity index (χ0) is 13.8. The van der Waals surface area contributed by atoms with E-state index in [0.29, 0.717) is 12.1 Å². The molecule has 0 radical (unpaired) electrons. The number of piperidine rings is 1. The average molecular weight is 273 g/mol. The molecular weight excluding hydrogens is 246 g/mol. The summed E-state index contributed by atoms with van der Waals surface area (Å²) in [5.74, 6) is 1.14. The second-order valence-corrected chi connectivity index (χ2v) is 6.41. The first-order valence-corrected chi connectivity index (χ1v) is 8.26. The molecule has 3 nitrogen and oxygen atoms in total. The van der Waals surface area contributed by atoms with Gasteiger partial charge in [0.1, 0.15) is 5.82 Å². The number of hydrogen-bond donors (Lipinski definition) is 1. The summed E-state index contributed by atoms with van der Waals surface area (Å²) in [5, 5.41) is 3.73. The minimum atomic E-state index is 0.545. The molecule has 1 saturated heterocycles. The fourth-order valence-corrected chi connectivity index (χ4v) is 3.72. The molecule has 0 aromatic carbocycles. The van der Waals surface area contributed by atoms with Crippen LogP contribution in [0, 0.1) is 0 Å². The molecule has 3 heteroatoms. The van der Waals surface area contributed by atoms with Gasteiger partial charge in [0.05, 0.1) is 0 Å².